The molecule has 2 aromatic heterocycles. The summed E-state index contributed by atoms with van der Waals surface area (Å²) in [6, 6.07) is 13.5. The summed E-state index contributed by atoms with van der Waals surface area (Å²) in [5, 5.41) is 4.67. The molecule has 3 aromatic rings. The van der Waals surface area contributed by atoms with E-state index in [4.69, 9.17) is 4.74 Å². The predicted octanol–water partition coefficient (Wildman–Crippen LogP) is 2.90. The predicted molar refractivity (Wildman–Crippen MR) is 105 cm³/mol. The van der Waals surface area contributed by atoms with E-state index in [1.165, 1.54) is 0 Å². The zero-order chi connectivity index (χ0) is 19.1. The standard InChI is InChI=1S/C20H21N3O3S/c1-15-14-27-20(25)23(15)11-9-18(24)22-12-17-8-5-10-21-19(17)26-13-16-6-3-2-4-7-16/h2-8,10,14H,9,11-13H2,1H3,(H,22,24). The van der Waals surface area contributed by atoms with Crippen molar-refractivity contribution in [1.29, 1.82) is 0 Å². The van der Waals surface area contributed by atoms with Crippen molar-refractivity contribution in [2.24, 2.45) is 0 Å². The number of rotatable bonds is 8. The molecule has 1 amide bonds. The summed E-state index contributed by atoms with van der Waals surface area (Å²) < 4.78 is 7.41. The molecule has 1 N–H and O–H groups in total. The lowest BCUT2D eigenvalue weighted by molar-refractivity contribution is -0.121. The number of carbonyl (C=O) groups excluding carboxylic acids is 1. The maximum Gasteiger partial charge on any atom is 0.307 e. The summed E-state index contributed by atoms with van der Waals surface area (Å²) >= 11 is 1.15. The molecule has 27 heavy (non-hydrogen) atoms. The summed E-state index contributed by atoms with van der Waals surface area (Å²) in [7, 11) is 0. The first-order chi connectivity index (χ1) is 13.1. The average Bonchev–Trinajstić information content (AvgIpc) is 3.02. The molecule has 3 rings (SSSR count). The van der Waals surface area contributed by atoms with Crippen LogP contribution in [0.2, 0.25) is 0 Å². The second-order valence-corrected chi connectivity index (χ2v) is 6.88. The minimum atomic E-state index is -0.120. The second kappa shape index (κ2) is 9.14. The highest BCUT2D eigenvalue weighted by Gasteiger charge is 2.09. The van der Waals surface area contributed by atoms with Crippen LogP contribution in [0.4, 0.5) is 0 Å². The number of hydrogen-bond donors (Lipinski definition) is 1. The summed E-state index contributed by atoms with van der Waals surface area (Å²) in [6.07, 6.45) is 1.91. The van der Waals surface area contributed by atoms with E-state index >= 15 is 0 Å². The first kappa shape index (κ1) is 18.8. The zero-order valence-corrected chi connectivity index (χ0v) is 15.9. The van der Waals surface area contributed by atoms with Gasteiger partial charge >= 0.3 is 4.87 Å². The number of pyridine rings is 1. The van der Waals surface area contributed by atoms with Gasteiger partial charge in [-0.15, -0.1) is 0 Å². The third kappa shape index (κ3) is 5.27. The van der Waals surface area contributed by atoms with Gasteiger partial charge in [-0.1, -0.05) is 47.7 Å². The highest BCUT2D eigenvalue weighted by molar-refractivity contribution is 7.07. The number of nitrogens with one attached hydrogen (secondary N) is 1. The van der Waals surface area contributed by atoms with Crippen molar-refractivity contribution >= 4 is 17.2 Å². The molecule has 0 aliphatic heterocycles. The molecule has 7 heteroatoms. The summed E-state index contributed by atoms with van der Waals surface area (Å²) in [5.41, 5.74) is 2.74. The van der Waals surface area contributed by atoms with E-state index in [-0.39, 0.29) is 17.2 Å². The molecular formula is C20H21N3O3S. The van der Waals surface area contributed by atoms with Crippen LogP contribution in [-0.2, 0) is 24.5 Å². The number of aryl methyl sites for hydroxylation is 1. The molecular weight excluding hydrogens is 362 g/mol. The first-order valence-corrected chi connectivity index (χ1v) is 9.53. The Labute approximate surface area is 161 Å². The summed E-state index contributed by atoms with van der Waals surface area (Å²) in [5.74, 6) is 0.386. The maximum atomic E-state index is 12.1. The average molecular weight is 383 g/mol. The van der Waals surface area contributed by atoms with Gasteiger partial charge in [-0.25, -0.2) is 4.98 Å². The van der Waals surface area contributed by atoms with Gasteiger partial charge < -0.3 is 14.6 Å². The molecule has 0 aliphatic carbocycles. The number of amides is 1. The van der Waals surface area contributed by atoms with Gasteiger partial charge in [0.15, 0.2) is 0 Å². The van der Waals surface area contributed by atoms with Gasteiger partial charge in [-0.3, -0.25) is 9.59 Å². The van der Waals surface area contributed by atoms with Crippen molar-refractivity contribution in [3.05, 3.63) is 80.5 Å². The fourth-order valence-corrected chi connectivity index (χ4v) is 3.35. The highest BCUT2D eigenvalue weighted by Crippen LogP contribution is 2.16. The number of aromatic nitrogens is 2. The van der Waals surface area contributed by atoms with Crippen molar-refractivity contribution in [3.63, 3.8) is 0 Å². The fraction of sp³-hybridized carbons (Fsp3) is 0.250. The lowest BCUT2D eigenvalue weighted by Crippen LogP contribution is -2.26. The van der Waals surface area contributed by atoms with Gasteiger partial charge in [0.1, 0.15) is 6.61 Å². The first-order valence-electron chi connectivity index (χ1n) is 8.66. The highest BCUT2D eigenvalue weighted by atomic mass is 32.1. The molecule has 0 spiro atoms. The van der Waals surface area contributed by atoms with Gasteiger partial charge in [0.25, 0.3) is 0 Å². The smallest absolute Gasteiger partial charge is 0.307 e. The minimum Gasteiger partial charge on any atom is -0.473 e. The van der Waals surface area contributed by atoms with E-state index in [1.54, 1.807) is 16.1 Å². The molecule has 0 fully saturated rings. The molecule has 140 valence electrons. The third-order valence-electron chi connectivity index (χ3n) is 4.08. The van der Waals surface area contributed by atoms with Gasteiger partial charge in [-0.2, -0.15) is 0 Å². The van der Waals surface area contributed by atoms with Gasteiger partial charge in [-0.05, 0) is 18.6 Å². The second-order valence-electron chi connectivity index (χ2n) is 6.06. The molecule has 0 saturated carbocycles. The quantitative estimate of drug-likeness (QED) is 0.649. The van der Waals surface area contributed by atoms with Crippen LogP contribution >= 0.6 is 11.3 Å². The van der Waals surface area contributed by atoms with Gasteiger partial charge in [0.2, 0.25) is 11.8 Å². The Bertz CT molecular complexity index is 950. The molecule has 0 saturated heterocycles. The van der Waals surface area contributed by atoms with Crippen LogP contribution in [0.25, 0.3) is 0 Å². The van der Waals surface area contributed by atoms with E-state index in [2.05, 4.69) is 10.3 Å². The number of nitrogens with zero attached hydrogens (tertiary/aromatic N) is 2. The Morgan fingerprint density at radius 3 is 2.78 bits per heavy atom. The fourth-order valence-electron chi connectivity index (χ4n) is 2.58. The number of thiazole rings is 1. The molecule has 1 aromatic carbocycles. The lowest BCUT2D eigenvalue weighted by atomic mass is 10.2. The SMILES string of the molecule is Cc1csc(=O)n1CCC(=O)NCc1cccnc1OCc1ccccc1. The van der Waals surface area contributed by atoms with E-state index < -0.39 is 0 Å². The van der Waals surface area contributed by atoms with E-state index in [0.29, 0.717) is 25.6 Å². The Balaban J connectivity index is 1.53. The van der Waals surface area contributed by atoms with E-state index in [1.807, 2.05) is 49.4 Å². The van der Waals surface area contributed by atoms with Gasteiger partial charge in [0, 0.05) is 42.3 Å². The number of hydrogen-bond acceptors (Lipinski definition) is 5. The Hall–Kier alpha value is -2.93. The molecule has 0 unspecified atom stereocenters. The largest absolute Gasteiger partial charge is 0.473 e. The Morgan fingerprint density at radius 1 is 1.22 bits per heavy atom. The Kier molecular flexibility index (Phi) is 6.38. The normalized spacial score (nSPS) is 10.6. The maximum absolute atomic E-state index is 12.1. The monoisotopic (exact) mass is 383 g/mol. The Morgan fingerprint density at radius 2 is 2.04 bits per heavy atom. The number of ether oxygens (including phenoxy) is 1. The van der Waals surface area contributed by atoms with Crippen LogP contribution in [0.1, 0.15) is 23.2 Å². The van der Waals surface area contributed by atoms with Crippen molar-refractivity contribution in [2.75, 3.05) is 0 Å². The molecule has 0 aliphatic rings. The number of benzene rings is 1. The molecule has 0 radical (unpaired) electrons. The van der Waals surface area contributed by atoms with Gasteiger partial charge in [0.05, 0.1) is 0 Å². The van der Waals surface area contributed by atoms with E-state index in [0.717, 1.165) is 28.2 Å². The van der Waals surface area contributed by atoms with Crippen LogP contribution in [0, 0.1) is 6.92 Å². The van der Waals surface area contributed by atoms with Crippen molar-refractivity contribution in [1.82, 2.24) is 14.9 Å². The van der Waals surface area contributed by atoms with Crippen LogP contribution < -0.4 is 14.9 Å². The third-order valence-corrected chi connectivity index (χ3v) is 4.96. The van der Waals surface area contributed by atoms with E-state index in [9.17, 15) is 9.59 Å². The topological polar surface area (TPSA) is 73.2 Å². The lowest BCUT2D eigenvalue weighted by Gasteiger charge is -2.11. The van der Waals surface area contributed by atoms with Crippen LogP contribution in [-0.4, -0.2) is 15.5 Å². The molecule has 2 heterocycles. The zero-order valence-electron chi connectivity index (χ0n) is 15.1. The summed E-state index contributed by atoms with van der Waals surface area (Å²) in [4.78, 5) is 28.1. The molecule has 0 bridgehead atoms. The number of carbonyl (C=O) groups is 1. The van der Waals surface area contributed by atoms with Crippen LogP contribution in [0.5, 0.6) is 5.88 Å². The van der Waals surface area contributed by atoms with Crippen molar-refractivity contribution in [2.45, 2.75) is 33.0 Å². The summed E-state index contributed by atoms with van der Waals surface area (Å²) in [6.45, 7) is 2.99. The molecule has 6 nitrogen and oxygen atoms in total. The van der Waals surface area contributed by atoms with Crippen LogP contribution in [0.15, 0.2) is 58.8 Å². The van der Waals surface area contributed by atoms with Crippen molar-refractivity contribution < 1.29 is 9.53 Å². The minimum absolute atomic E-state index is 0.0378. The van der Waals surface area contributed by atoms with Crippen molar-refractivity contribution in [3.8, 4) is 5.88 Å². The molecule has 0 atom stereocenters. The van der Waals surface area contributed by atoms with Crippen LogP contribution in [0.3, 0.4) is 0 Å².